The topological polar surface area (TPSA) is 49.3 Å². The maximum absolute atomic E-state index is 12.0. The molecule has 1 amide bonds. The summed E-state index contributed by atoms with van der Waals surface area (Å²) in [6.45, 7) is 4.30. The summed E-state index contributed by atoms with van der Waals surface area (Å²) in [4.78, 5) is 26.8. The highest BCUT2D eigenvalue weighted by atomic mass is 32.1. The number of anilines is 2. The summed E-state index contributed by atoms with van der Waals surface area (Å²) in [6.07, 6.45) is 4.91. The van der Waals surface area contributed by atoms with Crippen molar-refractivity contribution in [2.75, 3.05) is 29.9 Å². The highest BCUT2D eigenvalue weighted by Crippen LogP contribution is 2.37. The van der Waals surface area contributed by atoms with Crippen LogP contribution in [0.5, 0.6) is 0 Å². The molecule has 2 aliphatic heterocycles. The monoisotopic (exact) mass is 390 g/mol. The van der Waals surface area contributed by atoms with Crippen LogP contribution in [-0.2, 0) is 11.2 Å². The Kier molecular flexibility index (Phi) is 4.16. The van der Waals surface area contributed by atoms with E-state index in [1.165, 1.54) is 17.7 Å². The van der Waals surface area contributed by atoms with Crippen LogP contribution in [0.15, 0.2) is 36.5 Å². The molecule has 0 bridgehead atoms. The number of pyridine rings is 1. The second-order valence-electron chi connectivity index (χ2n) is 7.50. The van der Waals surface area contributed by atoms with Crippen LogP contribution in [0.25, 0.3) is 21.8 Å². The minimum atomic E-state index is 0.145. The van der Waals surface area contributed by atoms with Crippen molar-refractivity contribution in [3.63, 3.8) is 0 Å². The number of thiazole rings is 1. The van der Waals surface area contributed by atoms with Crippen molar-refractivity contribution in [3.05, 3.63) is 47.0 Å². The molecule has 2 aliphatic rings. The fraction of sp³-hybridized carbons (Fsp3) is 0.318. The molecule has 0 N–H and O–H groups in total. The van der Waals surface area contributed by atoms with Crippen molar-refractivity contribution in [3.8, 4) is 21.8 Å². The number of benzene rings is 1. The zero-order valence-corrected chi connectivity index (χ0v) is 16.9. The van der Waals surface area contributed by atoms with Crippen LogP contribution < -0.4 is 9.80 Å². The van der Waals surface area contributed by atoms with E-state index in [0.29, 0.717) is 6.42 Å². The third kappa shape index (κ3) is 2.88. The Balaban J connectivity index is 1.45. The van der Waals surface area contributed by atoms with E-state index in [-0.39, 0.29) is 5.91 Å². The second kappa shape index (κ2) is 6.71. The first-order valence-electron chi connectivity index (χ1n) is 9.69. The third-order valence-corrected chi connectivity index (χ3v) is 6.67. The van der Waals surface area contributed by atoms with E-state index in [4.69, 9.17) is 4.98 Å². The summed E-state index contributed by atoms with van der Waals surface area (Å²) < 4.78 is 0. The van der Waals surface area contributed by atoms with E-state index in [9.17, 15) is 4.79 Å². The molecule has 5 nitrogen and oxygen atoms in total. The van der Waals surface area contributed by atoms with Gasteiger partial charge in [0.1, 0.15) is 10.8 Å². The van der Waals surface area contributed by atoms with Crippen LogP contribution in [0.4, 0.5) is 11.5 Å². The Hall–Kier alpha value is -2.73. The fourth-order valence-electron chi connectivity index (χ4n) is 4.05. The van der Waals surface area contributed by atoms with Crippen LogP contribution in [0, 0.1) is 6.92 Å². The predicted molar refractivity (Wildman–Crippen MR) is 114 cm³/mol. The van der Waals surface area contributed by atoms with Crippen molar-refractivity contribution in [2.24, 2.45) is 0 Å². The van der Waals surface area contributed by atoms with Crippen molar-refractivity contribution in [1.82, 2.24) is 9.97 Å². The molecule has 1 saturated heterocycles. The van der Waals surface area contributed by atoms with Crippen LogP contribution in [0.3, 0.4) is 0 Å². The summed E-state index contributed by atoms with van der Waals surface area (Å²) in [5.74, 6) is 1.20. The Morgan fingerprint density at radius 2 is 1.86 bits per heavy atom. The lowest BCUT2D eigenvalue weighted by Gasteiger charge is -2.15. The quantitative estimate of drug-likeness (QED) is 0.669. The number of fused-ring (bicyclic) bond motifs is 1. The molecule has 0 atom stereocenters. The molecular weight excluding hydrogens is 368 g/mol. The normalized spacial score (nSPS) is 16.1. The number of likely N-dealkylation sites (N-methyl/N-ethyl adjacent to an activating group) is 1. The first-order chi connectivity index (χ1) is 13.6. The number of hydrogen-bond acceptors (Lipinski definition) is 5. The van der Waals surface area contributed by atoms with Gasteiger partial charge in [-0.2, -0.15) is 0 Å². The molecule has 4 heterocycles. The number of aryl methyl sites for hydroxylation is 1. The van der Waals surface area contributed by atoms with Gasteiger partial charge in [0.2, 0.25) is 5.91 Å². The molecule has 28 heavy (non-hydrogen) atoms. The number of nitrogens with zero attached hydrogens (tertiary/aromatic N) is 4. The summed E-state index contributed by atoms with van der Waals surface area (Å²) >= 11 is 1.69. The van der Waals surface area contributed by atoms with Gasteiger partial charge in [0.15, 0.2) is 0 Å². The molecule has 0 spiro atoms. The predicted octanol–water partition coefficient (Wildman–Crippen LogP) is 4.30. The first kappa shape index (κ1) is 17.4. The van der Waals surface area contributed by atoms with Gasteiger partial charge >= 0.3 is 0 Å². The Morgan fingerprint density at radius 1 is 1.07 bits per heavy atom. The van der Waals surface area contributed by atoms with Crippen LogP contribution in [-0.4, -0.2) is 36.0 Å². The standard InChI is InChI=1S/C22H22N4OS/c1-14-21(15-5-7-18-17(11-15)12-20(27)25(18)2)24-22(28-14)16-6-8-19(23-13-16)26-9-3-4-10-26/h5-8,11,13H,3-4,9-10,12H2,1-2H3. The first-order valence-corrected chi connectivity index (χ1v) is 10.5. The molecule has 0 unspecified atom stereocenters. The van der Waals surface area contributed by atoms with Gasteiger partial charge in [-0.1, -0.05) is 6.07 Å². The van der Waals surface area contributed by atoms with Gasteiger partial charge in [-0.05, 0) is 49.6 Å². The maximum atomic E-state index is 12.0. The lowest BCUT2D eigenvalue weighted by molar-refractivity contribution is -0.117. The van der Waals surface area contributed by atoms with Crippen LogP contribution >= 0.6 is 11.3 Å². The van der Waals surface area contributed by atoms with E-state index in [1.807, 2.05) is 19.3 Å². The molecule has 1 aromatic carbocycles. The number of carbonyl (C=O) groups is 1. The smallest absolute Gasteiger partial charge is 0.231 e. The van der Waals surface area contributed by atoms with E-state index >= 15 is 0 Å². The van der Waals surface area contributed by atoms with Crippen molar-refractivity contribution in [2.45, 2.75) is 26.2 Å². The number of aromatic nitrogens is 2. The zero-order valence-electron chi connectivity index (χ0n) is 16.1. The minimum Gasteiger partial charge on any atom is -0.357 e. The molecule has 2 aromatic heterocycles. The number of amides is 1. The molecule has 0 aliphatic carbocycles. The molecular formula is C22H22N4OS. The summed E-state index contributed by atoms with van der Waals surface area (Å²) in [5.41, 5.74) is 5.20. The average Bonchev–Trinajstić information content (AvgIpc) is 3.42. The fourth-order valence-corrected chi connectivity index (χ4v) is 4.98. The average molecular weight is 391 g/mol. The second-order valence-corrected chi connectivity index (χ2v) is 8.70. The molecule has 5 rings (SSSR count). The molecule has 1 fully saturated rings. The van der Waals surface area contributed by atoms with Gasteiger partial charge in [0.05, 0.1) is 12.1 Å². The van der Waals surface area contributed by atoms with Gasteiger partial charge < -0.3 is 9.80 Å². The molecule has 0 radical (unpaired) electrons. The maximum Gasteiger partial charge on any atom is 0.231 e. The third-order valence-electron chi connectivity index (χ3n) is 5.65. The SMILES string of the molecule is Cc1sc(-c2ccc(N3CCCC3)nc2)nc1-c1ccc2c(c1)CC(=O)N2C. The van der Waals surface area contributed by atoms with E-state index in [1.54, 1.807) is 16.2 Å². The lowest BCUT2D eigenvalue weighted by atomic mass is 10.1. The highest BCUT2D eigenvalue weighted by Gasteiger charge is 2.25. The van der Waals surface area contributed by atoms with Gasteiger partial charge in [-0.3, -0.25) is 4.79 Å². The van der Waals surface area contributed by atoms with Gasteiger partial charge in [-0.25, -0.2) is 9.97 Å². The number of hydrogen-bond donors (Lipinski definition) is 0. The Bertz CT molecular complexity index is 1050. The van der Waals surface area contributed by atoms with Crippen LogP contribution in [0.1, 0.15) is 23.3 Å². The number of rotatable bonds is 3. The van der Waals surface area contributed by atoms with Crippen LogP contribution in [0.2, 0.25) is 0 Å². The molecule has 3 aromatic rings. The Morgan fingerprint density at radius 3 is 2.61 bits per heavy atom. The largest absolute Gasteiger partial charge is 0.357 e. The molecule has 6 heteroatoms. The van der Waals surface area contributed by atoms with Crippen molar-refractivity contribution in [1.29, 1.82) is 0 Å². The molecule has 142 valence electrons. The highest BCUT2D eigenvalue weighted by molar-refractivity contribution is 7.15. The van der Waals surface area contributed by atoms with Gasteiger partial charge in [-0.15, -0.1) is 11.3 Å². The molecule has 0 saturated carbocycles. The van der Waals surface area contributed by atoms with E-state index < -0.39 is 0 Å². The van der Waals surface area contributed by atoms with Crippen molar-refractivity contribution >= 4 is 28.7 Å². The van der Waals surface area contributed by atoms with E-state index in [2.05, 4.69) is 41.1 Å². The summed E-state index contributed by atoms with van der Waals surface area (Å²) in [6, 6.07) is 10.4. The van der Waals surface area contributed by atoms with Crippen molar-refractivity contribution < 1.29 is 4.79 Å². The van der Waals surface area contributed by atoms with Gasteiger partial charge in [0, 0.05) is 48.0 Å². The Labute approximate surface area is 168 Å². The minimum absolute atomic E-state index is 0.145. The summed E-state index contributed by atoms with van der Waals surface area (Å²) in [5, 5.41) is 0.988. The summed E-state index contributed by atoms with van der Waals surface area (Å²) in [7, 11) is 1.83. The number of carbonyl (C=O) groups excluding carboxylic acids is 1. The van der Waals surface area contributed by atoms with Gasteiger partial charge in [0.25, 0.3) is 0 Å². The van der Waals surface area contributed by atoms with E-state index in [0.717, 1.165) is 52.0 Å². The zero-order chi connectivity index (χ0) is 19.3. The lowest BCUT2D eigenvalue weighted by Crippen LogP contribution is -2.20.